The van der Waals surface area contributed by atoms with E-state index in [-0.39, 0.29) is 11.3 Å². The van der Waals surface area contributed by atoms with Gasteiger partial charge in [0, 0.05) is 23.3 Å². The normalized spacial score (nSPS) is 10.9. The van der Waals surface area contributed by atoms with E-state index >= 15 is 0 Å². The number of aryl methyl sites for hydroxylation is 4. The lowest BCUT2D eigenvalue weighted by Gasteiger charge is -2.16. The molecular weight excluding hydrogens is 418 g/mol. The van der Waals surface area contributed by atoms with Gasteiger partial charge in [0.05, 0.1) is 16.6 Å². The summed E-state index contributed by atoms with van der Waals surface area (Å²) in [6, 6.07) is 16.4. The largest absolute Gasteiger partial charge is 0.318 e. The van der Waals surface area contributed by atoms with Gasteiger partial charge < -0.3 is 4.57 Å². The van der Waals surface area contributed by atoms with Crippen LogP contribution in [0, 0.1) is 20.8 Å². The number of hydrazine groups is 1. The van der Waals surface area contributed by atoms with E-state index in [9.17, 15) is 14.4 Å². The molecule has 4 aromatic rings. The molecule has 0 atom stereocenters. The van der Waals surface area contributed by atoms with Gasteiger partial charge in [-0.2, -0.15) is 5.10 Å². The zero-order valence-corrected chi connectivity index (χ0v) is 19.0. The fourth-order valence-corrected chi connectivity index (χ4v) is 3.93. The van der Waals surface area contributed by atoms with Crippen LogP contribution in [0.4, 0.5) is 0 Å². The van der Waals surface area contributed by atoms with E-state index in [1.54, 1.807) is 37.3 Å². The van der Waals surface area contributed by atoms with Crippen LogP contribution in [0.3, 0.4) is 0 Å². The molecule has 0 spiro atoms. The number of amides is 2. The number of nitrogens with zero attached hydrogens (tertiary/aromatic N) is 3. The summed E-state index contributed by atoms with van der Waals surface area (Å²) in [6.45, 7) is 7.93. The maximum absolute atomic E-state index is 13.1. The summed E-state index contributed by atoms with van der Waals surface area (Å²) in [5.41, 5.74) is 8.80. The van der Waals surface area contributed by atoms with Crippen LogP contribution >= 0.6 is 0 Å². The number of hydrogen-bond acceptors (Lipinski definition) is 4. The van der Waals surface area contributed by atoms with Crippen molar-refractivity contribution in [3.05, 3.63) is 93.2 Å². The molecule has 2 amide bonds. The maximum Gasteiger partial charge on any atom is 0.290 e. The Labute approximate surface area is 190 Å². The lowest BCUT2D eigenvalue weighted by atomic mass is 10.1. The number of hydrogen-bond donors (Lipinski definition) is 2. The molecule has 0 unspecified atom stereocenters. The van der Waals surface area contributed by atoms with Crippen molar-refractivity contribution in [1.82, 2.24) is 25.2 Å². The summed E-state index contributed by atoms with van der Waals surface area (Å²) in [7, 11) is 0. The molecule has 0 fully saturated rings. The second-order valence-corrected chi connectivity index (χ2v) is 7.90. The van der Waals surface area contributed by atoms with Crippen LogP contribution in [0.2, 0.25) is 0 Å². The van der Waals surface area contributed by atoms with E-state index in [1.807, 2.05) is 49.6 Å². The highest BCUT2D eigenvalue weighted by atomic mass is 16.2. The quantitative estimate of drug-likeness (QED) is 0.473. The highest BCUT2D eigenvalue weighted by Crippen LogP contribution is 2.21. The van der Waals surface area contributed by atoms with E-state index < -0.39 is 11.8 Å². The van der Waals surface area contributed by atoms with Gasteiger partial charge in [-0.25, -0.2) is 4.68 Å². The summed E-state index contributed by atoms with van der Waals surface area (Å²) in [6.07, 6.45) is 0. The summed E-state index contributed by atoms with van der Waals surface area (Å²) in [4.78, 5) is 38.6. The Hall–Kier alpha value is -4.20. The zero-order valence-electron chi connectivity index (χ0n) is 19.0. The number of rotatable bonds is 4. The van der Waals surface area contributed by atoms with Crippen molar-refractivity contribution in [2.24, 2.45) is 0 Å². The second kappa shape index (κ2) is 8.74. The summed E-state index contributed by atoms with van der Waals surface area (Å²) in [5.74, 6) is -1.06. The van der Waals surface area contributed by atoms with Gasteiger partial charge >= 0.3 is 0 Å². The molecule has 0 aliphatic rings. The van der Waals surface area contributed by atoms with E-state index in [0.717, 1.165) is 22.6 Å². The summed E-state index contributed by atoms with van der Waals surface area (Å²) in [5, 5.41) is 5.02. The van der Waals surface area contributed by atoms with Gasteiger partial charge in [0.2, 0.25) is 0 Å². The molecule has 4 rings (SSSR count). The predicted octanol–water partition coefficient (Wildman–Crippen LogP) is 3.21. The van der Waals surface area contributed by atoms with E-state index in [0.29, 0.717) is 22.9 Å². The van der Waals surface area contributed by atoms with Crippen molar-refractivity contribution in [2.75, 3.05) is 0 Å². The molecule has 2 aromatic carbocycles. The zero-order chi connectivity index (χ0) is 23.7. The third-order valence-corrected chi connectivity index (χ3v) is 5.58. The van der Waals surface area contributed by atoms with Crippen LogP contribution in [0.5, 0.6) is 0 Å². The van der Waals surface area contributed by atoms with Gasteiger partial charge in [-0.3, -0.25) is 25.2 Å². The first-order valence-electron chi connectivity index (χ1n) is 10.7. The van der Waals surface area contributed by atoms with Crippen LogP contribution in [0.15, 0.2) is 59.4 Å². The molecule has 0 aliphatic heterocycles. The predicted molar refractivity (Wildman–Crippen MR) is 127 cm³/mol. The van der Waals surface area contributed by atoms with Gasteiger partial charge in [-0.05, 0) is 58.0 Å². The number of nitrogens with one attached hydrogen (secondary N) is 2. The highest BCUT2D eigenvalue weighted by Gasteiger charge is 2.19. The van der Waals surface area contributed by atoms with Crippen LogP contribution in [0.1, 0.15) is 44.7 Å². The molecule has 2 aromatic heterocycles. The Morgan fingerprint density at radius 2 is 1.52 bits per heavy atom. The molecular formula is C25H25N5O3. The van der Waals surface area contributed by atoms with Gasteiger partial charge in [0.25, 0.3) is 17.4 Å². The molecule has 2 heterocycles. The van der Waals surface area contributed by atoms with Crippen LogP contribution in [-0.4, -0.2) is 26.2 Å². The Morgan fingerprint density at radius 3 is 2.18 bits per heavy atom. The molecule has 0 saturated carbocycles. The molecule has 0 aliphatic carbocycles. The first-order chi connectivity index (χ1) is 15.8. The Morgan fingerprint density at radius 1 is 0.879 bits per heavy atom. The van der Waals surface area contributed by atoms with Crippen molar-refractivity contribution in [2.45, 2.75) is 34.2 Å². The lowest BCUT2D eigenvalue weighted by molar-refractivity contribution is 0.0843. The first kappa shape index (κ1) is 22.0. The maximum atomic E-state index is 13.1. The standard InChI is InChI=1S/C25H25N5O3/c1-5-29-25(33)19-9-7-6-8-18(19)22(28-29)24(32)27-26-23(31)20-14-15(2)10-13-21(20)30-16(3)11-12-17(30)4/h6-14H,5H2,1-4H3,(H,26,31)(H,27,32). The van der Waals surface area contributed by atoms with E-state index in [4.69, 9.17) is 0 Å². The number of fused-ring (bicyclic) bond motifs is 1. The minimum Gasteiger partial charge on any atom is -0.318 e. The topological polar surface area (TPSA) is 98.0 Å². The Kier molecular flexibility index (Phi) is 5.83. The molecule has 0 saturated heterocycles. The Bertz CT molecular complexity index is 1430. The second-order valence-electron chi connectivity index (χ2n) is 7.90. The van der Waals surface area contributed by atoms with Crippen molar-refractivity contribution in [3.63, 3.8) is 0 Å². The minimum atomic E-state index is -0.607. The molecule has 8 heteroatoms. The molecule has 8 nitrogen and oxygen atoms in total. The highest BCUT2D eigenvalue weighted by molar-refractivity contribution is 6.06. The average molecular weight is 444 g/mol. The molecule has 33 heavy (non-hydrogen) atoms. The third-order valence-electron chi connectivity index (χ3n) is 5.58. The minimum absolute atomic E-state index is 0.0638. The smallest absolute Gasteiger partial charge is 0.290 e. The van der Waals surface area contributed by atoms with Crippen LogP contribution in [-0.2, 0) is 6.54 Å². The number of benzene rings is 2. The van der Waals surface area contributed by atoms with Gasteiger partial charge in [0.1, 0.15) is 0 Å². The summed E-state index contributed by atoms with van der Waals surface area (Å²) < 4.78 is 3.22. The van der Waals surface area contributed by atoms with E-state index in [1.165, 1.54) is 4.68 Å². The fraction of sp³-hybridized carbons (Fsp3) is 0.200. The van der Waals surface area contributed by atoms with Crippen molar-refractivity contribution in [3.8, 4) is 5.69 Å². The van der Waals surface area contributed by atoms with Gasteiger partial charge in [-0.1, -0.05) is 29.8 Å². The van der Waals surface area contributed by atoms with Crippen LogP contribution < -0.4 is 16.4 Å². The first-order valence-corrected chi connectivity index (χ1v) is 10.7. The number of aromatic nitrogens is 3. The van der Waals surface area contributed by atoms with Crippen molar-refractivity contribution < 1.29 is 9.59 Å². The molecule has 2 N–H and O–H groups in total. The fourth-order valence-electron chi connectivity index (χ4n) is 3.93. The Balaban J connectivity index is 1.65. The molecule has 0 bridgehead atoms. The third kappa shape index (κ3) is 4.03. The van der Waals surface area contributed by atoms with Crippen molar-refractivity contribution >= 4 is 22.6 Å². The SMILES string of the molecule is CCn1nc(C(=O)NNC(=O)c2cc(C)ccc2-n2c(C)ccc2C)c2ccccc2c1=O. The average Bonchev–Trinajstić information content (AvgIpc) is 3.15. The summed E-state index contributed by atoms with van der Waals surface area (Å²) >= 11 is 0. The number of carbonyl (C=O) groups is 2. The monoisotopic (exact) mass is 443 g/mol. The van der Waals surface area contributed by atoms with Crippen molar-refractivity contribution in [1.29, 1.82) is 0 Å². The van der Waals surface area contributed by atoms with E-state index in [2.05, 4.69) is 16.0 Å². The van der Waals surface area contributed by atoms with Gasteiger partial charge in [0.15, 0.2) is 5.69 Å². The number of carbonyl (C=O) groups excluding carboxylic acids is 2. The van der Waals surface area contributed by atoms with Crippen LogP contribution in [0.25, 0.3) is 16.5 Å². The lowest BCUT2D eigenvalue weighted by Crippen LogP contribution is -2.43. The molecule has 168 valence electrons. The van der Waals surface area contributed by atoms with Gasteiger partial charge in [-0.15, -0.1) is 0 Å². The molecule has 0 radical (unpaired) electrons.